The van der Waals surface area contributed by atoms with Crippen molar-refractivity contribution in [2.24, 2.45) is 0 Å². The molecule has 0 spiro atoms. The Morgan fingerprint density at radius 1 is 1.05 bits per heavy atom. The number of hydrogen-bond donors (Lipinski definition) is 2. The van der Waals surface area contributed by atoms with Crippen LogP contribution in [0.4, 0.5) is 5.69 Å². The molecule has 8 nitrogen and oxygen atoms in total. The normalized spacial score (nSPS) is 18.1. The summed E-state index contributed by atoms with van der Waals surface area (Å²) in [6, 6.07) is 7.36. The zero-order chi connectivity index (χ0) is 27.0. The number of nitrogens with two attached hydrogens (primary N) is 1. The Bertz CT molecular complexity index is 1160. The average Bonchev–Trinajstić information content (AvgIpc) is 2.93. The van der Waals surface area contributed by atoms with Crippen LogP contribution >= 0.6 is 11.8 Å². The van der Waals surface area contributed by atoms with Crippen LogP contribution in [-0.4, -0.2) is 58.0 Å². The van der Waals surface area contributed by atoms with Crippen LogP contribution in [0.5, 0.6) is 0 Å². The Balaban J connectivity index is 1.13. The van der Waals surface area contributed by atoms with E-state index in [9.17, 15) is 9.59 Å². The molecule has 5 rings (SSSR count). The molecule has 0 bridgehead atoms. The maximum atomic E-state index is 13.8. The van der Waals surface area contributed by atoms with Crippen molar-refractivity contribution >= 4 is 23.4 Å². The molecule has 1 aliphatic heterocycles. The number of unbranched alkanes of at least 4 members (excludes halogenated alkanes) is 2. The number of fused-ring (bicyclic) bond motifs is 1. The van der Waals surface area contributed by atoms with Crippen molar-refractivity contribution in [2.45, 2.75) is 100 Å². The minimum absolute atomic E-state index is 0.0348. The zero-order valence-corrected chi connectivity index (χ0v) is 23.9. The van der Waals surface area contributed by atoms with E-state index in [2.05, 4.69) is 5.32 Å². The number of nitrogen functional groups attached to an aromatic ring is 1. The van der Waals surface area contributed by atoms with E-state index >= 15 is 0 Å². The Labute approximate surface area is 236 Å². The number of nitrogens with one attached hydrogen (secondary N) is 1. The summed E-state index contributed by atoms with van der Waals surface area (Å²) < 4.78 is 7.72. The third-order valence-electron chi connectivity index (χ3n) is 8.21. The van der Waals surface area contributed by atoms with Gasteiger partial charge in [-0.1, -0.05) is 37.4 Å². The molecular formula is C30H43N5O3S. The largest absolute Gasteiger partial charge is 0.399 e. The highest BCUT2D eigenvalue weighted by Crippen LogP contribution is 2.36. The van der Waals surface area contributed by atoms with Gasteiger partial charge in [0, 0.05) is 30.5 Å². The maximum absolute atomic E-state index is 13.8. The van der Waals surface area contributed by atoms with Crippen molar-refractivity contribution in [1.29, 1.82) is 0 Å². The smallest absolute Gasteiger partial charge is 0.264 e. The van der Waals surface area contributed by atoms with Gasteiger partial charge in [0.15, 0.2) is 5.16 Å². The highest BCUT2D eigenvalue weighted by Gasteiger charge is 2.28. The van der Waals surface area contributed by atoms with Gasteiger partial charge in [-0.3, -0.25) is 14.2 Å². The Kier molecular flexibility index (Phi) is 9.98. The van der Waals surface area contributed by atoms with Crippen LogP contribution in [0.2, 0.25) is 0 Å². The van der Waals surface area contributed by atoms with Crippen molar-refractivity contribution < 1.29 is 9.53 Å². The van der Waals surface area contributed by atoms with Gasteiger partial charge in [-0.05, 0) is 75.8 Å². The summed E-state index contributed by atoms with van der Waals surface area (Å²) in [6.07, 6.45) is 14.2. The van der Waals surface area contributed by atoms with Gasteiger partial charge in [0.25, 0.3) is 5.56 Å². The first kappa shape index (κ1) is 28.2. The summed E-state index contributed by atoms with van der Waals surface area (Å²) in [6.45, 7) is 2.86. The summed E-state index contributed by atoms with van der Waals surface area (Å²) in [7, 11) is 0. The lowest BCUT2D eigenvalue weighted by Gasteiger charge is -2.30. The van der Waals surface area contributed by atoms with E-state index in [1.165, 1.54) is 38.5 Å². The van der Waals surface area contributed by atoms with Gasteiger partial charge >= 0.3 is 0 Å². The Morgan fingerprint density at radius 2 is 1.85 bits per heavy atom. The molecule has 2 aliphatic carbocycles. The number of carbonyl (C=O) groups excluding carboxylic acids is 1. The van der Waals surface area contributed by atoms with Gasteiger partial charge in [0.05, 0.1) is 36.1 Å². The molecule has 3 aliphatic rings. The van der Waals surface area contributed by atoms with Gasteiger partial charge < -0.3 is 20.7 Å². The van der Waals surface area contributed by atoms with Crippen LogP contribution in [0.1, 0.15) is 81.9 Å². The minimum Gasteiger partial charge on any atom is -0.399 e. The molecule has 1 amide bonds. The van der Waals surface area contributed by atoms with Crippen molar-refractivity contribution in [3.63, 3.8) is 0 Å². The van der Waals surface area contributed by atoms with Gasteiger partial charge in [-0.25, -0.2) is 4.98 Å². The minimum atomic E-state index is -0.0764. The molecule has 39 heavy (non-hydrogen) atoms. The summed E-state index contributed by atoms with van der Waals surface area (Å²) in [4.78, 5) is 33.5. The van der Waals surface area contributed by atoms with E-state index in [1.807, 2.05) is 24.3 Å². The van der Waals surface area contributed by atoms with Crippen molar-refractivity contribution in [3.8, 4) is 5.69 Å². The first-order valence-electron chi connectivity index (χ1n) is 14.9. The molecule has 0 unspecified atom stereocenters. The fourth-order valence-electron chi connectivity index (χ4n) is 5.55. The maximum Gasteiger partial charge on any atom is 0.264 e. The summed E-state index contributed by atoms with van der Waals surface area (Å²) >= 11 is 1.70. The molecular weight excluding hydrogens is 510 g/mol. The predicted octanol–water partition coefficient (Wildman–Crippen LogP) is 4.45. The number of amides is 1. The Hall–Kier alpha value is -2.36. The number of aromatic nitrogens is 2. The summed E-state index contributed by atoms with van der Waals surface area (Å²) in [5, 5.41) is 4.56. The monoisotopic (exact) mass is 553 g/mol. The van der Waals surface area contributed by atoms with E-state index in [0.29, 0.717) is 48.7 Å². The van der Waals surface area contributed by atoms with Crippen LogP contribution < -0.4 is 16.6 Å². The molecule has 2 saturated carbocycles. The highest BCUT2D eigenvalue weighted by molar-refractivity contribution is 7.99. The van der Waals surface area contributed by atoms with Gasteiger partial charge in [0.2, 0.25) is 5.91 Å². The number of nitrogens with zero attached hydrogens (tertiary/aromatic N) is 3. The SMILES string of the molecule is Nc1ccc(-n2c(SC3CCC3)nc3c(c2=O)CN(C(=O)CNCCCCCOC2CCCCC2)CC3)cc1. The molecule has 2 aromatic rings. The van der Waals surface area contributed by atoms with Crippen LogP contribution in [0.15, 0.2) is 34.2 Å². The topological polar surface area (TPSA) is 102 Å². The molecule has 3 N–H and O–H groups in total. The van der Waals surface area contributed by atoms with Crippen LogP contribution in [0.3, 0.4) is 0 Å². The van der Waals surface area contributed by atoms with E-state index < -0.39 is 0 Å². The van der Waals surface area contributed by atoms with Crippen LogP contribution in [0.25, 0.3) is 5.69 Å². The lowest BCUT2D eigenvalue weighted by Crippen LogP contribution is -2.44. The van der Waals surface area contributed by atoms with Crippen LogP contribution in [-0.2, 0) is 22.5 Å². The first-order valence-corrected chi connectivity index (χ1v) is 15.7. The summed E-state index contributed by atoms with van der Waals surface area (Å²) in [5.41, 5.74) is 8.70. The zero-order valence-electron chi connectivity index (χ0n) is 23.0. The van der Waals surface area contributed by atoms with Gasteiger partial charge in [-0.15, -0.1) is 0 Å². The molecule has 0 saturated heterocycles. The standard InChI is InChI=1S/C30H43N5O3S/c31-22-12-14-23(15-13-22)35-29(37)26-21-34(18-16-27(26)33-30(35)39-25-10-7-11-25)28(36)20-32-17-5-2-6-19-38-24-8-3-1-4-9-24/h12-15,24-25,32H,1-11,16-21,31H2. The number of ether oxygens (including phenoxy) is 1. The van der Waals surface area contributed by atoms with E-state index in [4.69, 9.17) is 15.5 Å². The van der Waals surface area contributed by atoms with Crippen LogP contribution in [0, 0.1) is 0 Å². The number of carbonyl (C=O) groups is 1. The van der Waals surface area contributed by atoms with Gasteiger partial charge in [0.1, 0.15) is 0 Å². The number of rotatable bonds is 12. The molecule has 212 valence electrons. The second-order valence-corrected chi connectivity index (χ2v) is 12.4. The van der Waals surface area contributed by atoms with E-state index in [1.54, 1.807) is 21.2 Å². The quantitative estimate of drug-likeness (QED) is 0.227. The third-order valence-corrected chi connectivity index (χ3v) is 9.50. The molecule has 1 aromatic heterocycles. The molecule has 1 aromatic carbocycles. The summed E-state index contributed by atoms with van der Waals surface area (Å²) in [5.74, 6) is 0.0348. The van der Waals surface area contributed by atoms with Gasteiger partial charge in [-0.2, -0.15) is 0 Å². The van der Waals surface area contributed by atoms with E-state index in [0.717, 1.165) is 61.8 Å². The molecule has 2 heterocycles. The number of thioether (sulfide) groups is 1. The third kappa shape index (κ3) is 7.44. The van der Waals surface area contributed by atoms with Crippen molar-refractivity contribution in [1.82, 2.24) is 19.8 Å². The lowest BCUT2D eigenvalue weighted by molar-refractivity contribution is -0.131. The number of anilines is 1. The second kappa shape index (κ2) is 13.8. The average molecular weight is 554 g/mol. The predicted molar refractivity (Wildman–Crippen MR) is 156 cm³/mol. The highest BCUT2D eigenvalue weighted by atomic mass is 32.2. The van der Waals surface area contributed by atoms with E-state index in [-0.39, 0.29) is 11.5 Å². The Morgan fingerprint density at radius 3 is 2.59 bits per heavy atom. The molecule has 0 radical (unpaired) electrons. The first-order chi connectivity index (χ1) is 19.1. The van der Waals surface area contributed by atoms with Crippen molar-refractivity contribution in [3.05, 3.63) is 45.9 Å². The second-order valence-electron chi connectivity index (χ2n) is 11.2. The molecule has 0 atom stereocenters. The fourth-order valence-corrected chi connectivity index (χ4v) is 6.88. The van der Waals surface area contributed by atoms with Crippen molar-refractivity contribution in [2.75, 3.05) is 32.0 Å². The molecule has 2 fully saturated rings. The lowest BCUT2D eigenvalue weighted by atomic mass is 9.98. The number of benzene rings is 1. The number of hydrogen-bond acceptors (Lipinski definition) is 7. The fraction of sp³-hybridized carbons (Fsp3) is 0.633. The molecule has 9 heteroatoms.